The Balaban J connectivity index is 2.36. The molecule has 0 unspecified atom stereocenters. The summed E-state index contributed by atoms with van der Waals surface area (Å²) in [5, 5.41) is 3.39. The predicted octanol–water partition coefficient (Wildman–Crippen LogP) is 3.38. The van der Waals surface area contributed by atoms with Gasteiger partial charge in [-0.2, -0.15) is 0 Å². The molecule has 0 aliphatic carbocycles. The minimum atomic E-state index is -0.124. The Kier molecular flexibility index (Phi) is 6.32. The topological polar surface area (TPSA) is 30.5 Å². The average Bonchev–Trinajstić information content (AvgIpc) is 2.37. The fourth-order valence-corrected chi connectivity index (χ4v) is 1.54. The molecule has 0 fully saturated rings. The summed E-state index contributed by atoms with van der Waals surface area (Å²) in [7, 11) is 1.73. The van der Waals surface area contributed by atoms with Gasteiger partial charge in [-0.25, -0.2) is 0 Å². The zero-order valence-corrected chi connectivity index (χ0v) is 12.8. The molecule has 1 N–H and O–H groups in total. The molecule has 3 nitrogen and oxygen atoms in total. The lowest BCUT2D eigenvalue weighted by Gasteiger charge is -2.22. The van der Waals surface area contributed by atoms with Gasteiger partial charge in [0.1, 0.15) is 5.75 Å². The second-order valence-corrected chi connectivity index (χ2v) is 5.74. The molecular weight excluding hydrogens is 238 g/mol. The Labute approximate surface area is 117 Å². The average molecular weight is 265 g/mol. The summed E-state index contributed by atoms with van der Waals surface area (Å²) < 4.78 is 11.1. The van der Waals surface area contributed by atoms with E-state index in [1.54, 1.807) is 7.11 Å². The lowest BCUT2D eigenvalue weighted by atomic mass is 10.1. The highest BCUT2D eigenvalue weighted by atomic mass is 16.5. The van der Waals surface area contributed by atoms with Crippen LogP contribution in [0, 0.1) is 0 Å². The van der Waals surface area contributed by atoms with E-state index in [4.69, 9.17) is 9.47 Å². The molecule has 0 aromatic heterocycles. The molecule has 3 heteroatoms. The van der Waals surface area contributed by atoms with E-state index in [0.29, 0.717) is 12.6 Å². The summed E-state index contributed by atoms with van der Waals surface area (Å²) in [6.07, 6.45) is 0.875. The van der Waals surface area contributed by atoms with E-state index in [-0.39, 0.29) is 5.60 Å². The van der Waals surface area contributed by atoms with E-state index in [9.17, 15) is 0 Å². The van der Waals surface area contributed by atoms with E-state index in [2.05, 4.69) is 45.1 Å². The molecule has 0 saturated carbocycles. The molecular formula is C16H27NO2. The van der Waals surface area contributed by atoms with Gasteiger partial charge in [0.2, 0.25) is 0 Å². The number of hydrogen-bond donors (Lipinski definition) is 1. The van der Waals surface area contributed by atoms with E-state index < -0.39 is 0 Å². The van der Waals surface area contributed by atoms with Gasteiger partial charge >= 0.3 is 0 Å². The largest absolute Gasteiger partial charge is 0.493 e. The van der Waals surface area contributed by atoms with Crippen LogP contribution in [0.4, 0.5) is 0 Å². The Morgan fingerprint density at radius 2 is 1.79 bits per heavy atom. The van der Waals surface area contributed by atoms with Crippen LogP contribution in [0.25, 0.3) is 0 Å². The molecule has 0 aliphatic heterocycles. The van der Waals surface area contributed by atoms with Crippen molar-refractivity contribution in [3.05, 3.63) is 29.8 Å². The van der Waals surface area contributed by atoms with Crippen LogP contribution in [-0.2, 0) is 11.3 Å². The van der Waals surface area contributed by atoms with Crippen molar-refractivity contribution in [2.24, 2.45) is 0 Å². The van der Waals surface area contributed by atoms with Gasteiger partial charge < -0.3 is 14.8 Å². The number of ether oxygens (including phenoxy) is 2. The summed E-state index contributed by atoms with van der Waals surface area (Å²) >= 11 is 0. The molecule has 0 amide bonds. The Morgan fingerprint density at radius 1 is 1.16 bits per heavy atom. The van der Waals surface area contributed by atoms with Gasteiger partial charge in [-0.05, 0) is 31.5 Å². The van der Waals surface area contributed by atoms with Crippen molar-refractivity contribution in [2.75, 3.05) is 13.7 Å². The van der Waals surface area contributed by atoms with Gasteiger partial charge in [0, 0.05) is 26.1 Å². The second-order valence-electron chi connectivity index (χ2n) is 5.74. The molecule has 1 aromatic rings. The van der Waals surface area contributed by atoms with Crippen molar-refractivity contribution in [1.82, 2.24) is 5.32 Å². The van der Waals surface area contributed by atoms with Crippen molar-refractivity contribution in [3.63, 3.8) is 0 Å². The maximum atomic E-state index is 5.72. The molecule has 108 valence electrons. The third-order valence-electron chi connectivity index (χ3n) is 3.16. The van der Waals surface area contributed by atoms with Gasteiger partial charge in [-0.15, -0.1) is 0 Å². The van der Waals surface area contributed by atoms with Crippen LogP contribution in [0.15, 0.2) is 24.3 Å². The van der Waals surface area contributed by atoms with E-state index in [0.717, 1.165) is 18.7 Å². The van der Waals surface area contributed by atoms with Gasteiger partial charge in [0.05, 0.1) is 12.2 Å². The Hall–Kier alpha value is -1.06. The fraction of sp³-hybridized carbons (Fsp3) is 0.625. The fourth-order valence-electron chi connectivity index (χ4n) is 1.54. The minimum Gasteiger partial charge on any atom is -0.493 e. The summed E-state index contributed by atoms with van der Waals surface area (Å²) in [6, 6.07) is 8.76. The molecule has 0 aliphatic rings. The first-order valence-electron chi connectivity index (χ1n) is 6.93. The molecule has 0 spiro atoms. The standard InChI is InChI=1S/C16H27NO2/c1-13(2)17-12-14-6-8-15(9-7-14)19-11-10-16(3,4)18-5/h6-9,13,17H,10-12H2,1-5H3. The molecule has 19 heavy (non-hydrogen) atoms. The second kappa shape index (κ2) is 7.51. The quantitative estimate of drug-likeness (QED) is 0.781. The lowest BCUT2D eigenvalue weighted by molar-refractivity contribution is 0.00545. The van der Waals surface area contributed by atoms with Gasteiger partial charge in [0.15, 0.2) is 0 Å². The third kappa shape index (κ3) is 6.60. The van der Waals surface area contributed by atoms with Gasteiger partial charge in [-0.1, -0.05) is 26.0 Å². The predicted molar refractivity (Wildman–Crippen MR) is 79.6 cm³/mol. The maximum absolute atomic E-state index is 5.72. The van der Waals surface area contributed by atoms with Crippen molar-refractivity contribution in [3.8, 4) is 5.75 Å². The first-order chi connectivity index (χ1) is 8.93. The number of nitrogens with one attached hydrogen (secondary N) is 1. The first kappa shape index (κ1) is 16.0. The Bertz CT molecular complexity index is 358. The lowest BCUT2D eigenvalue weighted by Crippen LogP contribution is -2.25. The summed E-state index contributed by atoms with van der Waals surface area (Å²) in [5.41, 5.74) is 1.15. The smallest absolute Gasteiger partial charge is 0.119 e. The maximum Gasteiger partial charge on any atom is 0.119 e. The highest BCUT2D eigenvalue weighted by molar-refractivity contribution is 5.27. The monoisotopic (exact) mass is 265 g/mol. The number of rotatable bonds is 8. The Morgan fingerprint density at radius 3 is 2.32 bits per heavy atom. The van der Waals surface area contributed by atoms with E-state index >= 15 is 0 Å². The van der Waals surface area contributed by atoms with Crippen LogP contribution >= 0.6 is 0 Å². The number of benzene rings is 1. The normalized spacial score (nSPS) is 11.9. The van der Waals surface area contributed by atoms with Crippen LogP contribution in [0.1, 0.15) is 39.7 Å². The van der Waals surface area contributed by atoms with Crippen molar-refractivity contribution < 1.29 is 9.47 Å². The summed E-state index contributed by atoms with van der Waals surface area (Å²) in [4.78, 5) is 0. The summed E-state index contributed by atoms with van der Waals surface area (Å²) in [6.45, 7) is 10.00. The van der Waals surface area contributed by atoms with Crippen LogP contribution in [0.2, 0.25) is 0 Å². The molecule has 0 bridgehead atoms. The van der Waals surface area contributed by atoms with E-state index in [1.165, 1.54) is 5.56 Å². The van der Waals surface area contributed by atoms with Crippen LogP contribution < -0.4 is 10.1 Å². The van der Waals surface area contributed by atoms with Crippen molar-refractivity contribution in [1.29, 1.82) is 0 Å². The summed E-state index contributed by atoms with van der Waals surface area (Å²) in [5.74, 6) is 0.917. The zero-order chi connectivity index (χ0) is 14.3. The van der Waals surface area contributed by atoms with Crippen molar-refractivity contribution in [2.45, 2.75) is 52.3 Å². The minimum absolute atomic E-state index is 0.124. The first-order valence-corrected chi connectivity index (χ1v) is 6.93. The molecule has 0 radical (unpaired) electrons. The van der Waals surface area contributed by atoms with Crippen LogP contribution in [-0.4, -0.2) is 25.4 Å². The van der Waals surface area contributed by atoms with Crippen LogP contribution in [0.3, 0.4) is 0 Å². The highest BCUT2D eigenvalue weighted by Gasteiger charge is 2.15. The number of hydrogen-bond acceptors (Lipinski definition) is 3. The zero-order valence-electron chi connectivity index (χ0n) is 12.8. The molecule has 0 atom stereocenters. The third-order valence-corrected chi connectivity index (χ3v) is 3.16. The molecule has 0 heterocycles. The number of methoxy groups -OCH3 is 1. The van der Waals surface area contributed by atoms with Crippen molar-refractivity contribution >= 4 is 0 Å². The molecule has 1 aromatic carbocycles. The van der Waals surface area contributed by atoms with Gasteiger partial charge in [0.25, 0.3) is 0 Å². The van der Waals surface area contributed by atoms with Gasteiger partial charge in [-0.3, -0.25) is 0 Å². The highest BCUT2D eigenvalue weighted by Crippen LogP contribution is 2.16. The van der Waals surface area contributed by atoms with Crippen LogP contribution in [0.5, 0.6) is 5.75 Å². The molecule has 0 saturated heterocycles. The van der Waals surface area contributed by atoms with E-state index in [1.807, 2.05) is 12.1 Å². The molecule has 1 rings (SSSR count). The SMILES string of the molecule is COC(C)(C)CCOc1ccc(CNC(C)C)cc1.